The number of nitrogens with zero attached hydrogens (tertiary/aromatic N) is 1. The van der Waals surface area contributed by atoms with Gasteiger partial charge in [-0.3, -0.25) is 0 Å². The fraction of sp³-hybridized carbons (Fsp3) is 0.533. The summed E-state index contributed by atoms with van der Waals surface area (Å²) >= 11 is 0. The summed E-state index contributed by atoms with van der Waals surface area (Å²) in [4.78, 5) is 4.18. The van der Waals surface area contributed by atoms with E-state index in [4.69, 9.17) is 4.42 Å². The molecule has 0 amide bonds. The number of nitrogens with one attached hydrogen (secondary N) is 1. The Kier molecular flexibility index (Phi) is 4.30. The third-order valence-corrected chi connectivity index (χ3v) is 3.02. The van der Waals surface area contributed by atoms with Crippen molar-refractivity contribution in [3.63, 3.8) is 0 Å². The van der Waals surface area contributed by atoms with Crippen LogP contribution in [0.2, 0.25) is 0 Å². The van der Waals surface area contributed by atoms with Crippen LogP contribution >= 0.6 is 0 Å². The molecule has 116 valence electrons. The molecule has 1 heterocycles. The van der Waals surface area contributed by atoms with Gasteiger partial charge in [0.1, 0.15) is 5.52 Å². The molecule has 2 N–H and O–H groups in total. The largest absolute Gasteiger partial charge is 0.437 e. The second-order valence-corrected chi connectivity index (χ2v) is 6.13. The molecule has 0 fully saturated rings. The number of rotatable bonds is 5. The van der Waals surface area contributed by atoms with E-state index in [1.165, 1.54) is 6.07 Å². The fourth-order valence-corrected chi connectivity index (χ4v) is 1.95. The van der Waals surface area contributed by atoms with Crippen LogP contribution in [0.15, 0.2) is 10.5 Å². The van der Waals surface area contributed by atoms with E-state index >= 15 is 0 Å². The van der Waals surface area contributed by atoms with Gasteiger partial charge in [-0.25, -0.2) is 9.37 Å². The Morgan fingerprint density at radius 1 is 1.33 bits per heavy atom. The molecular weight excluding hydrogens is 278 g/mol. The summed E-state index contributed by atoms with van der Waals surface area (Å²) in [6.07, 6.45) is 0. The topological polar surface area (TPSA) is 58.3 Å². The highest BCUT2D eigenvalue weighted by Gasteiger charge is 2.20. The Labute approximate surface area is 122 Å². The SMILES string of the molecule is CC(C)c1nc2cc(CNCC(C)(C)O)c(F)c(F)c2o1. The first kappa shape index (κ1) is 15.9. The van der Waals surface area contributed by atoms with E-state index in [9.17, 15) is 13.9 Å². The van der Waals surface area contributed by atoms with Crippen molar-refractivity contribution in [2.45, 2.75) is 45.8 Å². The van der Waals surface area contributed by atoms with Gasteiger partial charge in [-0.05, 0) is 19.9 Å². The van der Waals surface area contributed by atoms with Gasteiger partial charge < -0.3 is 14.8 Å². The maximum Gasteiger partial charge on any atom is 0.203 e. The van der Waals surface area contributed by atoms with Crippen LogP contribution in [0.4, 0.5) is 8.78 Å². The smallest absolute Gasteiger partial charge is 0.203 e. The van der Waals surface area contributed by atoms with E-state index in [2.05, 4.69) is 10.3 Å². The van der Waals surface area contributed by atoms with Crippen LogP contribution in [-0.4, -0.2) is 22.2 Å². The van der Waals surface area contributed by atoms with E-state index in [0.29, 0.717) is 11.4 Å². The second kappa shape index (κ2) is 5.69. The molecule has 0 aliphatic rings. The highest BCUT2D eigenvalue weighted by Crippen LogP contribution is 2.27. The number of aliphatic hydroxyl groups is 1. The quantitative estimate of drug-likeness (QED) is 0.890. The molecule has 2 aromatic rings. The van der Waals surface area contributed by atoms with Gasteiger partial charge in [-0.15, -0.1) is 0 Å². The molecule has 1 aromatic carbocycles. The number of hydrogen-bond donors (Lipinski definition) is 2. The lowest BCUT2D eigenvalue weighted by molar-refractivity contribution is 0.0794. The van der Waals surface area contributed by atoms with E-state index in [0.717, 1.165) is 0 Å². The van der Waals surface area contributed by atoms with Crippen molar-refractivity contribution in [3.05, 3.63) is 29.2 Å². The number of halogens is 2. The zero-order valence-electron chi connectivity index (χ0n) is 12.6. The summed E-state index contributed by atoms with van der Waals surface area (Å²) in [5.74, 6) is -1.59. The van der Waals surface area contributed by atoms with Gasteiger partial charge >= 0.3 is 0 Å². The van der Waals surface area contributed by atoms with Crippen LogP contribution in [0.5, 0.6) is 0 Å². The number of aromatic nitrogens is 1. The van der Waals surface area contributed by atoms with Gasteiger partial charge in [0, 0.05) is 24.6 Å². The molecule has 0 saturated heterocycles. The fourth-order valence-electron chi connectivity index (χ4n) is 1.95. The van der Waals surface area contributed by atoms with E-state index in [1.807, 2.05) is 13.8 Å². The first-order chi connectivity index (χ1) is 9.69. The van der Waals surface area contributed by atoms with Gasteiger partial charge in [0.05, 0.1) is 5.60 Å². The molecule has 0 unspecified atom stereocenters. The molecule has 0 spiro atoms. The molecule has 2 rings (SSSR count). The molecule has 0 saturated carbocycles. The molecule has 0 aliphatic carbocycles. The summed E-state index contributed by atoms with van der Waals surface area (Å²) in [5.41, 5.74) is -0.606. The van der Waals surface area contributed by atoms with E-state index in [1.54, 1.807) is 13.8 Å². The standard InChI is InChI=1S/C15H20F2N2O2/c1-8(2)14-19-10-5-9(6-18-7-15(3,4)20)11(16)12(17)13(10)21-14/h5,8,18,20H,6-7H2,1-4H3. The van der Waals surface area contributed by atoms with Crippen LogP contribution < -0.4 is 5.32 Å². The molecule has 21 heavy (non-hydrogen) atoms. The first-order valence-corrected chi connectivity index (χ1v) is 6.89. The Morgan fingerprint density at radius 2 is 2.00 bits per heavy atom. The van der Waals surface area contributed by atoms with Gasteiger partial charge in [-0.1, -0.05) is 13.8 Å². The molecule has 0 aliphatic heterocycles. The number of fused-ring (bicyclic) bond motifs is 1. The van der Waals surface area contributed by atoms with Crippen molar-refractivity contribution in [2.24, 2.45) is 0 Å². The average Bonchev–Trinajstić information content (AvgIpc) is 2.78. The lowest BCUT2D eigenvalue weighted by atomic mass is 10.1. The predicted octanol–water partition coefficient (Wildman–Crippen LogP) is 3.09. The summed E-state index contributed by atoms with van der Waals surface area (Å²) in [6, 6.07) is 1.47. The predicted molar refractivity (Wildman–Crippen MR) is 76.0 cm³/mol. The molecular formula is C15H20F2N2O2. The highest BCUT2D eigenvalue weighted by molar-refractivity contribution is 5.74. The van der Waals surface area contributed by atoms with Gasteiger partial charge in [0.15, 0.2) is 17.3 Å². The molecule has 1 aromatic heterocycles. The minimum Gasteiger partial charge on any atom is -0.437 e. The van der Waals surface area contributed by atoms with Crippen LogP contribution in [0.1, 0.15) is 45.1 Å². The monoisotopic (exact) mass is 298 g/mol. The minimum atomic E-state index is -1.02. The third kappa shape index (κ3) is 3.57. The van der Waals surface area contributed by atoms with Crippen molar-refractivity contribution in [2.75, 3.05) is 6.54 Å². The number of oxazole rings is 1. The zero-order valence-corrected chi connectivity index (χ0v) is 12.6. The Balaban J connectivity index is 2.30. The molecule has 0 bridgehead atoms. The summed E-state index contributed by atoms with van der Waals surface area (Å²) in [6.45, 7) is 7.36. The second-order valence-electron chi connectivity index (χ2n) is 6.13. The Hall–Kier alpha value is -1.53. The van der Waals surface area contributed by atoms with Crippen molar-refractivity contribution >= 4 is 11.1 Å². The molecule has 6 heteroatoms. The number of benzene rings is 1. The van der Waals surface area contributed by atoms with E-state index in [-0.39, 0.29) is 30.2 Å². The Bertz CT molecular complexity index is 645. The summed E-state index contributed by atoms with van der Waals surface area (Å²) in [5, 5.41) is 12.5. The minimum absolute atomic E-state index is 0.00313. The zero-order chi connectivity index (χ0) is 15.8. The molecule has 0 radical (unpaired) electrons. The Morgan fingerprint density at radius 3 is 2.57 bits per heavy atom. The maximum atomic E-state index is 14.0. The summed E-state index contributed by atoms with van der Waals surface area (Å²) in [7, 11) is 0. The van der Waals surface area contributed by atoms with Crippen molar-refractivity contribution < 1.29 is 18.3 Å². The lowest BCUT2D eigenvalue weighted by Gasteiger charge is -2.17. The van der Waals surface area contributed by atoms with Crippen LogP contribution in [0.25, 0.3) is 11.1 Å². The third-order valence-electron chi connectivity index (χ3n) is 3.02. The normalized spacial score (nSPS) is 12.6. The van der Waals surface area contributed by atoms with Crippen LogP contribution in [-0.2, 0) is 6.54 Å². The van der Waals surface area contributed by atoms with Crippen LogP contribution in [0, 0.1) is 11.6 Å². The first-order valence-electron chi connectivity index (χ1n) is 6.89. The van der Waals surface area contributed by atoms with E-state index < -0.39 is 17.2 Å². The van der Waals surface area contributed by atoms with Gasteiger partial charge in [0.25, 0.3) is 0 Å². The van der Waals surface area contributed by atoms with Crippen molar-refractivity contribution in [1.29, 1.82) is 0 Å². The van der Waals surface area contributed by atoms with Crippen molar-refractivity contribution in [1.82, 2.24) is 10.3 Å². The molecule has 0 atom stereocenters. The van der Waals surface area contributed by atoms with Gasteiger partial charge in [-0.2, -0.15) is 4.39 Å². The average molecular weight is 298 g/mol. The lowest BCUT2D eigenvalue weighted by Crippen LogP contribution is -2.34. The summed E-state index contributed by atoms with van der Waals surface area (Å²) < 4.78 is 33.3. The molecule has 4 nitrogen and oxygen atoms in total. The van der Waals surface area contributed by atoms with Crippen LogP contribution in [0.3, 0.4) is 0 Å². The highest BCUT2D eigenvalue weighted by atomic mass is 19.2. The number of hydrogen-bond acceptors (Lipinski definition) is 4. The van der Waals surface area contributed by atoms with Crippen molar-refractivity contribution in [3.8, 4) is 0 Å². The van der Waals surface area contributed by atoms with Gasteiger partial charge in [0.2, 0.25) is 5.82 Å². The maximum absolute atomic E-state index is 14.0.